The van der Waals surface area contributed by atoms with Gasteiger partial charge in [0.05, 0.1) is 0 Å². The SMILES string of the molecule is CCC(N)CS(=O)CCCc1ccccc1. The van der Waals surface area contributed by atoms with E-state index in [1.54, 1.807) is 0 Å². The number of benzene rings is 1. The van der Waals surface area contributed by atoms with E-state index in [1.807, 2.05) is 25.1 Å². The molecule has 0 amide bonds. The van der Waals surface area contributed by atoms with Crippen LogP contribution in [0.1, 0.15) is 25.3 Å². The van der Waals surface area contributed by atoms with Gasteiger partial charge in [-0.25, -0.2) is 0 Å². The van der Waals surface area contributed by atoms with Gasteiger partial charge in [-0.2, -0.15) is 0 Å². The molecule has 0 aromatic heterocycles. The molecule has 3 heteroatoms. The molecule has 2 unspecified atom stereocenters. The van der Waals surface area contributed by atoms with E-state index in [0.717, 1.165) is 25.0 Å². The van der Waals surface area contributed by atoms with Gasteiger partial charge in [0.2, 0.25) is 0 Å². The molecule has 0 aliphatic rings. The zero-order chi connectivity index (χ0) is 11.8. The number of aryl methyl sites for hydroxylation is 1. The lowest BCUT2D eigenvalue weighted by molar-refractivity contribution is 0.661. The minimum atomic E-state index is -0.749. The summed E-state index contributed by atoms with van der Waals surface area (Å²) < 4.78 is 11.6. The van der Waals surface area contributed by atoms with Crippen molar-refractivity contribution in [1.82, 2.24) is 0 Å². The van der Waals surface area contributed by atoms with Crippen molar-refractivity contribution in [3.63, 3.8) is 0 Å². The van der Waals surface area contributed by atoms with Crippen molar-refractivity contribution in [2.75, 3.05) is 11.5 Å². The quantitative estimate of drug-likeness (QED) is 0.792. The second-order valence-corrected chi connectivity index (χ2v) is 5.69. The van der Waals surface area contributed by atoms with Crippen LogP contribution in [0.15, 0.2) is 30.3 Å². The molecule has 0 saturated heterocycles. The van der Waals surface area contributed by atoms with Crippen molar-refractivity contribution in [2.24, 2.45) is 5.73 Å². The number of nitrogens with two attached hydrogens (primary N) is 1. The minimum absolute atomic E-state index is 0.0950. The standard InChI is InChI=1S/C13H21NOS/c1-2-13(14)11-16(15)10-6-9-12-7-4-3-5-8-12/h3-5,7-8,13H,2,6,9-11,14H2,1H3. The Morgan fingerprint density at radius 2 is 2.00 bits per heavy atom. The van der Waals surface area contributed by atoms with Gasteiger partial charge < -0.3 is 5.73 Å². The second kappa shape index (κ2) is 7.58. The van der Waals surface area contributed by atoms with E-state index < -0.39 is 10.8 Å². The van der Waals surface area contributed by atoms with Crippen LogP contribution in [0.3, 0.4) is 0 Å². The average molecular weight is 239 g/mol. The summed E-state index contributed by atoms with van der Waals surface area (Å²) in [4.78, 5) is 0. The highest BCUT2D eigenvalue weighted by atomic mass is 32.2. The maximum Gasteiger partial charge on any atom is 0.0386 e. The van der Waals surface area contributed by atoms with E-state index in [0.29, 0.717) is 5.75 Å². The van der Waals surface area contributed by atoms with Gasteiger partial charge in [0.25, 0.3) is 0 Å². The van der Waals surface area contributed by atoms with Crippen LogP contribution in [0.2, 0.25) is 0 Å². The Morgan fingerprint density at radius 3 is 2.62 bits per heavy atom. The molecule has 0 fully saturated rings. The Balaban J connectivity index is 2.18. The summed E-state index contributed by atoms with van der Waals surface area (Å²) in [6, 6.07) is 10.4. The lowest BCUT2D eigenvalue weighted by Crippen LogP contribution is -2.27. The van der Waals surface area contributed by atoms with Crippen LogP contribution in [0, 0.1) is 0 Å². The van der Waals surface area contributed by atoms with Crippen molar-refractivity contribution in [3.05, 3.63) is 35.9 Å². The van der Waals surface area contributed by atoms with Gasteiger partial charge in [-0.3, -0.25) is 4.21 Å². The molecule has 16 heavy (non-hydrogen) atoms. The summed E-state index contributed by atoms with van der Waals surface area (Å²) in [7, 11) is -0.749. The van der Waals surface area contributed by atoms with E-state index in [-0.39, 0.29) is 6.04 Å². The van der Waals surface area contributed by atoms with E-state index in [1.165, 1.54) is 5.56 Å². The topological polar surface area (TPSA) is 43.1 Å². The highest BCUT2D eigenvalue weighted by Gasteiger charge is 2.05. The Morgan fingerprint density at radius 1 is 1.31 bits per heavy atom. The average Bonchev–Trinajstić information content (AvgIpc) is 2.30. The van der Waals surface area contributed by atoms with Gasteiger partial charge in [0, 0.05) is 28.3 Å². The molecule has 0 aliphatic carbocycles. The van der Waals surface area contributed by atoms with E-state index in [9.17, 15) is 4.21 Å². The van der Waals surface area contributed by atoms with Gasteiger partial charge in [-0.15, -0.1) is 0 Å². The minimum Gasteiger partial charge on any atom is -0.327 e. The fourth-order valence-corrected chi connectivity index (χ4v) is 2.87. The van der Waals surface area contributed by atoms with Crippen molar-refractivity contribution < 1.29 is 4.21 Å². The van der Waals surface area contributed by atoms with Crippen LogP contribution in [-0.2, 0) is 17.2 Å². The molecule has 0 saturated carbocycles. The van der Waals surface area contributed by atoms with Gasteiger partial charge >= 0.3 is 0 Å². The van der Waals surface area contributed by atoms with Gasteiger partial charge in [0.1, 0.15) is 0 Å². The summed E-state index contributed by atoms with van der Waals surface area (Å²) in [5, 5.41) is 0. The van der Waals surface area contributed by atoms with Crippen LogP contribution in [0.5, 0.6) is 0 Å². The van der Waals surface area contributed by atoms with Crippen LogP contribution in [0.4, 0.5) is 0 Å². The smallest absolute Gasteiger partial charge is 0.0386 e. The summed E-state index contributed by atoms with van der Waals surface area (Å²) in [6.07, 6.45) is 2.89. The molecule has 1 rings (SSSR count). The molecule has 2 nitrogen and oxygen atoms in total. The fraction of sp³-hybridized carbons (Fsp3) is 0.538. The maximum atomic E-state index is 11.6. The van der Waals surface area contributed by atoms with Crippen LogP contribution < -0.4 is 5.73 Å². The maximum absolute atomic E-state index is 11.6. The van der Waals surface area contributed by atoms with Crippen molar-refractivity contribution in [3.8, 4) is 0 Å². The van der Waals surface area contributed by atoms with Crippen LogP contribution >= 0.6 is 0 Å². The van der Waals surface area contributed by atoms with Gasteiger partial charge in [0.15, 0.2) is 0 Å². The van der Waals surface area contributed by atoms with Gasteiger partial charge in [-0.05, 0) is 24.8 Å². The lowest BCUT2D eigenvalue weighted by Gasteiger charge is -2.08. The monoisotopic (exact) mass is 239 g/mol. The highest BCUT2D eigenvalue weighted by Crippen LogP contribution is 2.03. The first-order valence-electron chi connectivity index (χ1n) is 5.87. The van der Waals surface area contributed by atoms with E-state index >= 15 is 0 Å². The fourth-order valence-electron chi connectivity index (χ4n) is 1.52. The highest BCUT2D eigenvalue weighted by molar-refractivity contribution is 7.85. The first kappa shape index (κ1) is 13.4. The Bertz CT molecular complexity index is 313. The normalized spacial score (nSPS) is 14.6. The molecule has 2 atom stereocenters. The largest absolute Gasteiger partial charge is 0.327 e. The predicted molar refractivity (Wildman–Crippen MR) is 70.9 cm³/mol. The first-order valence-corrected chi connectivity index (χ1v) is 7.35. The third-order valence-corrected chi connectivity index (χ3v) is 4.15. The molecule has 0 bridgehead atoms. The van der Waals surface area contributed by atoms with Crippen LogP contribution in [0.25, 0.3) is 0 Å². The summed E-state index contributed by atoms with van der Waals surface area (Å²) in [5.74, 6) is 1.41. The van der Waals surface area contributed by atoms with Gasteiger partial charge in [-0.1, -0.05) is 37.3 Å². The molecule has 2 N–H and O–H groups in total. The van der Waals surface area contributed by atoms with Crippen molar-refractivity contribution in [1.29, 1.82) is 0 Å². The summed E-state index contributed by atoms with van der Waals surface area (Å²) >= 11 is 0. The number of rotatable bonds is 7. The zero-order valence-electron chi connectivity index (χ0n) is 9.89. The molecule has 1 aromatic rings. The number of hydrogen-bond acceptors (Lipinski definition) is 2. The Kier molecular flexibility index (Phi) is 6.34. The first-order chi connectivity index (χ1) is 7.72. The lowest BCUT2D eigenvalue weighted by atomic mass is 10.1. The summed E-state index contributed by atoms with van der Waals surface area (Å²) in [5.41, 5.74) is 7.08. The third-order valence-electron chi connectivity index (χ3n) is 2.60. The number of hydrogen-bond donors (Lipinski definition) is 1. The molecular weight excluding hydrogens is 218 g/mol. The molecule has 0 spiro atoms. The third kappa shape index (κ3) is 5.42. The molecule has 0 radical (unpaired) electrons. The van der Waals surface area contributed by atoms with E-state index in [4.69, 9.17) is 5.73 Å². The Hall–Kier alpha value is -0.670. The zero-order valence-corrected chi connectivity index (χ0v) is 10.7. The molecule has 0 aliphatic heterocycles. The second-order valence-electron chi connectivity index (χ2n) is 4.07. The van der Waals surface area contributed by atoms with Crippen LogP contribution in [-0.4, -0.2) is 21.8 Å². The predicted octanol–water partition coefficient (Wildman–Crippen LogP) is 2.11. The molecule has 90 valence electrons. The van der Waals surface area contributed by atoms with Crippen molar-refractivity contribution in [2.45, 2.75) is 32.2 Å². The van der Waals surface area contributed by atoms with E-state index in [2.05, 4.69) is 12.1 Å². The molecule has 0 heterocycles. The Labute approximate surface area is 101 Å². The molecular formula is C13H21NOS. The summed E-state index contributed by atoms with van der Waals surface area (Å²) in [6.45, 7) is 2.03. The van der Waals surface area contributed by atoms with Crippen molar-refractivity contribution >= 4 is 10.8 Å². The molecule has 1 aromatic carbocycles.